The predicted molar refractivity (Wildman–Crippen MR) is 62.5 cm³/mol. The number of hydrogen-bond donors (Lipinski definition) is 1. The highest BCUT2D eigenvalue weighted by Gasteiger charge is 2.30. The molecule has 1 atom stereocenters. The van der Waals surface area contributed by atoms with Gasteiger partial charge in [0.25, 0.3) is 0 Å². The average Bonchev–Trinajstić information content (AvgIpc) is 2.50. The van der Waals surface area contributed by atoms with E-state index in [1.54, 1.807) is 0 Å². The maximum Gasteiger partial charge on any atom is 0.00480 e. The topological polar surface area (TPSA) is 15.3 Å². The van der Waals surface area contributed by atoms with E-state index in [4.69, 9.17) is 0 Å². The van der Waals surface area contributed by atoms with E-state index < -0.39 is 0 Å². The lowest BCUT2D eigenvalue weighted by Gasteiger charge is -2.32. The maximum atomic E-state index is 3.47. The first-order valence-electron chi connectivity index (χ1n) is 5.99. The molecule has 0 bridgehead atoms. The van der Waals surface area contributed by atoms with Crippen LogP contribution < -0.4 is 5.32 Å². The minimum Gasteiger partial charge on any atom is -0.316 e. The van der Waals surface area contributed by atoms with Gasteiger partial charge in [-0.3, -0.25) is 0 Å². The van der Waals surface area contributed by atoms with Gasteiger partial charge in [-0.25, -0.2) is 0 Å². The van der Waals surface area contributed by atoms with E-state index in [0.717, 1.165) is 5.92 Å². The standard InChI is InChI=1S/C12H26N2/c1-5-14(8-11(2)3)10-12(4)6-7-13-9-12/h11,13H,5-10H2,1-4H3. The molecular weight excluding hydrogens is 172 g/mol. The van der Waals surface area contributed by atoms with Crippen molar-refractivity contribution in [1.29, 1.82) is 0 Å². The molecule has 0 radical (unpaired) electrons. The molecule has 2 nitrogen and oxygen atoms in total. The fourth-order valence-corrected chi connectivity index (χ4v) is 2.37. The summed E-state index contributed by atoms with van der Waals surface area (Å²) >= 11 is 0. The Bertz CT molecular complexity index is 160. The van der Waals surface area contributed by atoms with Gasteiger partial charge in [-0.05, 0) is 30.8 Å². The van der Waals surface area contributed by atoms with Crippen LogP contribution in [0.15, 0.2) is 0 Å². The zero-order valence-corrected chi connectivity index (χ0v) is 10.3. The Morgan fingerprint density at radius 2 is 2.14 bits per heavy atom. The zero-order valence-electron chi connectivity index (χ0n) is 10.3. The second-order valence-corrected chi connectivity index (χ2v) is 5.46. The third-order valence-corrected chi connectivity index (χ3v) is 3.13. The molecule has 0 amide bonds. The van der Waals surface area contributed by atoms with Gasteiger partial charge in [-0.1, -0.05) is 27.7 Å². The van der Waals surface area contributed by atoms with Crippen molar-refractivity contribution in [2.45, 2.75) is 34.1 Å². The Balaban J connectivity index is 2.38. The Hall–Kier alpha value is -0.0800. The second kappa shape index (κ2) is 5.13. The van der Waals surface area contributed by atoms with Crippen LogP contribution in [0.4, 0.5) is 0 Å². The van der Waals surface area contributed by atoms with Crippen LogP contribution in [0, 0.1) is 11.3 Å². The third kappa shape index (κ3) is 3.58. The number of nitrogens with one attached hydrogen (secondary N) is 1. The summed E-state index contributed by atoms with van der Waals surface area (Å²) in [7, 11) is 0. The van der Waals surface area contributed by atoms with E-state index in [1.807, 2.05) is 0 Å². The molecule has 0 aromatic heterocycles. The minimum atomic E-state index is 0.519. The molecule has 2 heteroatoms. The first-order chi connectivity index (χ1) is 6.56. The van der Waals surface area contributed by atoms with Crippen molar-refractivity contribution in [3.63, 3.8) is 0 Å². The van der Waals surface area contributed by atoms with Crippen LogP contribution in [-0.4, -0.2) is 37.6 Å². The highest BCUT2D eigenvalue weighted by atomic mass is 15.1. The maximum absolute atomic E-state index is 3.47. The molecule has 1 aliphatic heterocycles. The smallest absolute Gasteiger partial charge is 0.00480 e. The van der Waals surface area contributed by atoms with Crippen molar-refractivity contribution in [2.24, 2.45) is 11.3 Å². The summed E-state index contributed by atoms with van der Waals surface area (Å²) in [6.45, 7) is 15.4. The van der Waals surface area contributed by atoms with Crippen LogP contribution in [0.2, 0.25) is 0 Å². The van der Waals surface area contributed by atoms with Crippen LogP contribution in [0.3, 0.4) is 0 Å². The lowest BCUT2D eigenvalue weighted by Crippen LogP contribution is -2.39. The van der Waals surface area contributed by atoms with Gasteiger partial charge in [0.2, 0.25) is 0 Å². The second-order valence-electron chi connectivity index (χ2n) is 5.46. The van der Waals surface area contributed by atoms with E-state index in [1.165, 1.54) is 39.1 Å². The molecule has 1 unspecified atom stereocenters. The van der Waals surface area contributed by atoms with Gasteiger partial charge in [-0.2, -0.15) is 0 Å². The molecule has 0 saturated carbocycles. The van der Waals surface area contributed by atoms with Gasteiger partial charge in [0.1, 0.15) is 0 Å². The van der Waals surface area contributed by atoms with Gasteiger partial charge < -0.3 is 10.2 Å². The number of rotatable bonds is 5. The van der Waals surface area contributed by atoms with E-state index in [2.05, 4.69) is 37.9 Å². The first kappa shape index (κ1) is 12.0. The van der Waals surface area contributed by atoms with E-state index in [9.17, 15) is 0 Å². The van der Waals surface area contributed by atoms with Crippen LogP contribution in [0.5, 0.6) is 0 Å². The molecule has 1 saturated heterocycles. The van der Waals surface area contributed by atoms with Crippen molar-refractivity contribution in [3.05, 3.63) is 0 Å². The van der Waals surface area contributed by atoms with Crippen molar-refractivity contribution >= 4 is 0 Å². The first-order valence-corrected chi connectivity index (χ1v) is 5.99. The van der Waals surface area contributed by atoms with Crippen molar-refractivity contribution in [2.75, 3.05) is 32.7 Å². The summed E-state index contributed by atoms with van der Waals surface area (Å²) in [6.07, 6.45) is 1.33. The van der Waals surface area contributed by atoms with Gasteiger partial charge in [0.15, 0.2) is 0 Å². The van der Waals surface area contributed by atoms with E-state index in [0.29, 0.717) is 5.41 Å². The summed E-state index contributed by atoms with van der Waals surface area (Å²) in [5.74, 6) is 0.785. The fraction of sp³-hybridized carbons (Fsp3) is 1.00. The molecule has 0 spiro atoms. The molecule has 1 aliphatic rings. The lowest BCUT2D eigenvalue weighted by molar-refractivity contribution is 0.169. The molecule has 0 aromatic carbocycles. The molecule has 0 aromatic rings. The van der Waals surface area contributed by atoms with E-state index in [-0.39, 0.29) is 0 Å². The highest BCUT2D eigenvalue weighted by Crippen LogP contribution is 2.25. The molecular formula is C12H26N2. The van der Waals surface area contributed by atoms with Gasteiger partial charge in [0.05, 0.1) is 0 Å². The number of hydrogen-bond acceptors (Lipinski definition) is 2. The van der Waals surface area contributed by atoms with Crippen molar-refractivity contribution in [3.8, 4) is 0 Å². The highest BCUT2D eigenvalue weighted by molar-refractivity contribution is 4.86. The van der Waals surface area contributed by atoms with Crippen LogP contribution in [0.25, 0.3) is 0 Å². The van der Waals surface area contributed by atoms with E-state index >= 15 is 0 Å². The summed E-state index contributed by atoms with van der Waals surface area (Å²) < 4.78 is 0. The monoisotopic (exact) mass is 198 g/mol. The zero-order chi connectivity index (χ0) is 10.6. The summed E-state index contributed by atoms with van der Waals surface area (Å²) in [5.41, 5.74) is 0.519. The van der Waals surface area contributed by atoms with Crippen LogP contribution in [0.1, 0.15) is 34.1 Å². The molecule has 14 heavy (non-hydrogen) atoms. The third-order valence-electron chi connectivity index (χ3n) is 3.13. The van der Waals surface area contributed by atoms with Gasteiger partial charge in [0, 0.05) is 19.6 Å². The van der Waals surface area contributed by atoms with Crippen molar-refractivity contribution in [1.82, 2.24) is 10.2 Å². The molecule has 0 aliphatic carbocycles. The number of nitrogens with zero attached hydrogens (tertiary/aromatic N) is 1. The molecule has 1 fully saturated rings. The fourth-order valence-electron chi connectivity index (χ4n) is 2.37. The summed E-state index contributed by atoms with van der Waals surface area (Å²) in [6, 6.07) is 0. The SMILES string of the molecule is CCN(CC(C)C)CC1(C)CCNC1. The minimum absolute atomic E-state index is 0.519. The van der Waals surface area contributed by atoms with Crippen molar-refractivity contribution < 1.29 is 0 Å². The molecule has 1 rings (SSSR count). The Morgan fingerprint density at radius 3 is 2.57 bits per heavy atom. The Kier molecular flexibility index (Phi) is 4.39. The van der Waals surface area contributed by atoms with Gasteiger partial charge in [-0.15, -0.1) is 0 Å². The summed E-state index contributed by atoms with van der Waals surface area (Å²) in [5, 5.41) is 3.47. The lowest BCUT2D eigenvalue weighted by atomic mass is 9.89. The van der Waals surface area contributed by atoms with Crippen LogP contribution in [-0.2, 0) is 0 Å². The molecule has 1 heterocycles. The molecule has 1 N–H and O–H groups in total. The molecule has 84 valence electrons. The Morgan fingerprint density at radius 1 is 1.43 bits per heavy atom. The Labute approximate surface area is 89.1 Å². The van der Waals surface area contributed by atoms with Gasteiger partial charge >= 0.3 is 0 Å². The average molecular weight is 198 g/mol. The van der Waals surface area contributed by atoms with Crippen LogP contribution >= 0.6 is 0 Å². The quantitative estimate of drug-likeness (QED) is 0.726. The largest absolute Gasteiger partial charge is 0.316 e. The normalized spacial score (nSPS) is 27.9. The predicted octanol–water partition coefficient (Wildman–Crippen LogP) is 1.96. The summed E-state index contributed by atoms with van der Waals surface area (Å²) in [4.78, 5) is 2.59.